The first kappa shape index (κ1) is 17.8. The molecule has 0 unspecified atom stereocenters. The summed E-state index contributed by atoms with van der Waals surface area (Å²) in [6.07, 6.45) is -5.81. The van der Waals surface area contributed by atoms with E-state index in [-0.39, 0.29) is 23.7 Å². The van der Waals surface area contributed by atoms with Crippen molar-refractivity contribution in [3.05, 3.63) is 35.5 Å². The lowest BCUT2D eigenvalue weighted by atomic mass is 10.1. The number of pyridine rings is 1. The Morgan fingerprint density at radius 3 is 2.28 bits per heavy atom. The smallest absolute Gasteiger partial charge is 0.433 e. The van der Waals surface area contributed by atoms with Crippen molar-refractivity contribution >= 4 is 10.9 Å². The van der Waals surface area contributed by atoms with Crippen molar-refractivity contribution in [1.82, 2.24) is 4.98 Å². The number of halogens is 6. The van der Waals surface area contributed by atoms with E-state index in [1.54, 1.807) is 0 Å². The Hall–Kier alpha value is -1.99. The monoisotopic (exact) mass is 363 g/mol. The van der Waals surface area contributed by atoms with Crippen LogP contribution in [-0.2, 0) is 12.4 Å². The third kappa shape index (κ3) is 3.82. The van der Waals surface area contributed by atoms with Gasteiger partial charge in [0.2, 0.25) is 0 Å². The van der Waals surface area contributed by atoms with E-state index in [1.807, 2.05) is 0 Å². The summed E-state index contributed by atoms with van der Waals surface area (Å²) in [5.74, 6) is -0.00123. The molecular weight excluding hydrogens is 348 g/mol. The molecule has 2 aromatic rings. The highest BCUT2D eigenvalue weighted by molar-refractivity contribution is 5.88. The van der Waals surface area contributed by atoms with Crippen LogP contribution in [0.3, 0.4) is 0 Å². The number of ether oxygens (including phenoxy) is 1. The maximum atomic E-state index is 13.1. The van der Waals surface area contributed by atoms with Gasteiger partial charge in [0, 0.05) is 11.5 Å². The average Bonchev–Trinajstić information content (AvgIpc) is 3.03. The van der Waals surface area contributed by atoms with Gasteiger partial charge in [0.05, 0.1) is 17.7 Å². The van der Waals surface area contributed by atoms with Gasteiger partial charge in [-0.15, -0.1) is 0 Å². The van der Waals surface area contributed by atoms with Gasteiger partial charge in [-0.05, 0) is 30.9 Å². The maximum absolute atomic E-state index is 13.1. The van der Waals surface area contributed by atoms with E-state index in [0.717, 1.165) is 37.8 Å². The highest BCUT2D eigenvalue weighted by Crippen LogP contribution is 2.40. The molecule has 1 aromatic heterocycles. The van der Waals surface area contributed by atoms with Crippen molar-refractivity contribution in [3.63, 3.8) is 0 Å². The van der Waals surface area contributed by atoms with Crippen LogP contribution >= 0.6 is 0 Å². The van der Waals surface area contributed by atoms with Gasteiger partial charge in [-0.1, -0.05) is 18.9 Å². The molecule has 0 bridgehead atoms. The fourth-order valence-corrected chi connectivity index (χ4v) is 3.10. The fourth-order valence-electron chi connectivity index (χ4n) is 3.10. The second kappa shape index (κ2) is 6.38. The second-order valence-electron chi connectivity index (χ2n) is 6.16. The van der Waals surface area contributed by atoms with Gasteiger partial charge in [-0.25, -0.2) is 4.98 Å². The lowest BCUT2D eigenvalue weighted by Gasteiger charge is -2.17. The number of benzene rings is 1. The van der Waals surface area contributed by atoms with Gasteiger partial charge < -0.3 is 4.74 Å². The van der Waals surface area contributed by atoms with Crippen LogP contribution in [0.5, 0.6) is 5.75 Å². The van der Waals surface area contributed by atoms with E-state index in [4.69, 9.17) is 4.74 Å². The molecule has 0 atom stereocenters. The maximum Gasteiger partial charge on any atom is 0.433 e. The summed E-state index contributed by atoms with van der Waals surface area (Å²) in [4.78, 5) is 3.23. The lowest BCUT2D eigenvalue weighted by molar-refractivity contribution is -0.142. The Kier molecular flexibility index (Phi) is 4.55. The summed E-state index contributed by atoms with van der Waals surface area (Å²) in [6.45, 7) is 0.187. The molecule has 0 saturated heterocycles. The molecule has 1 aromatic carbocycles. The predicted octanol–water partition coefficient (Wildman–Crippen LogP) is 5.84. The Balaban J connectivity index is 2.09. The van der Waals surface area contributed by atoms with Crippen LogP contribution in [-0.4, -0.2) is 11.6 Å². The van der Waals surface area contributed by atoms with Crippen LogP contribution < -0.4 is 4.74 Å². The molecule has 8 heteroatoms. The van der Waals surface area contributed by atoms with Crippen LogP contribution in [0.15, 0.2) is 24.3 Å². The molecule has 136 valence electrons. The predicted molar refractivity (Wildman–Crippen MR) is 79.2 cm³/mol. The third-order valence-electron chi connectivity index (χ3n) is 4.35. The number of fused-ring (bicyclic) bond motifs is 1. The molecule has 0 N–H and O–H groups in total. The standard InChI is InChI=1S/C17H15F6NO/c18-16(19,20)12-7-3-6-11-13(25-9-10-4-1-2-5-10)8-14(17(21,22)23)24-15(11)12/h3,6-8,10H,1-2,4-5,9H2. The zero-order chi connectivity index (χ0) is 18.2. The SMILES string of the molecule is FC(F)(F)c1cc(OCC2CCCC2)c2cccc(C(F)(F)F)c2n1. The molecule has 1 aliphatic rings. The quantitative estimate of drug-likeness (QED) is 0.639. The van der Waals surface area contributed by atoms with Crippen molar-refractivity contribution in [2.75, 3.05) is 6.61 Å². The number of aromatic nitrogens is 1. The first-order valence-electron chi connectivity index (χ1n) is 7.87. The van der Waals surface area contributed by atoms with E-state index < -0.39 is 29.1 Å². The first-order valence-corrected chi connectivity index (χ1v) is 7.87. The summed E-state index contributed by atoms with van der Waals surface area (Å²) < 4.78 is 84.1. The Labute approximate surface area is 139 Å². The largest absolute Gasteiger partial charge is 0.493 e. The van der Waals surface area contributed by atoms with Crippen molar-refractivity contribution in [3.8, 4) is 5.75 Å². The lowest BCUT2D eigenvalue weighted by Crippen LogP contribution is -2.14. The molecule has 1 heterocycles. The van der Waals surface area contributed by atoms with Gasteiger partial charge >= 0.3 is 12.4 Å². The highest BCUT2D eigenvalue weighted by Gasteiger charge is 2.37. The normalized spacial score (nSPS) is 16.6. The summed E-state index contributed by atoms with van der Waals surface area (Å²) in [6, 6.07) is 3.83. The second-order valence-corrected chi connectivity index (χ2v) is 6.16. The minimum absolute atomic E-state index is 0.0687. The molecule has 2 nitrogen and oxygen atoms in total. The minimum atomic E-state index is -4.86. The zero-order valence-electron chi connectivity index (χ0n) is 13.0. The molecule has 1 fully saturated rings. The van der Waals surface area contributed by atoms with Gasteiger partial charge in [-0.2, -0.15) is 26.3 Å². The molecule has 1 saturated carbocycles. The first-order chi connectivity index (χ1) is 11.7. The van der Waals surface area contributed by atoms with Crippen LogP contribution in [0, 0.1) is 5.92 Å². The molecule has 0 spiro atoms. The number of hydrogen-bond donors (Lipinski definition) is 0. The Bertz CT molecular complexity index is 762. The van der Waals surface area contributed by atoms with Crippen LogP contribution in [0.1, 0.15) is 36.9 Å². The summed E-state index contributed by atoms with van der Waals surface area (Å²) >= 11 is 0. The number of hydrogen-bond acceptors (Lipinski definition) is 2. The molecular formula is C17H15F6NO. The molecule has 3 rings (SSSR count). The van der Waals surface area contributed by atoms with Gasteiger partial charge in [0.25, 0.3) is 0 Å². The summed E-state index contributed by atoms with van der Waals surface area (Å²) in [5.41, 5.74) is -3.34. The van der Waals surface area contributed by atoms with Crippen LogP contribution in [0.4, 0.5) is 26.3 Å². The van der Waals surface area contributed by atoms with Gasteiger partial charge in [-0.3, -0.25) is 0 Å². The zero-order valence-corrected chi connectivity index (χ0v) is 13.0. The van der Waals surface area contributed by atoms with Gasteiger partial charge in [0.15, 0.2) is 0 Å². The van der Waals surface area contributed by atoms with Crippen LogP contribution in [0.2, 0.25) is 0 Å². The van der Waals surface area contributed by atoms with Crippen LogP contribution in [0.25, 0.3) is 10.9 Å². The van der Waals surface area contributed by atoms with E-state index in [9.17, 15) is 26.3 Å². The molecule has 0 aliphatic heterocycles. The summed E-state index contributed by atoms with van der Waals surface area (Å²) in [5, 5.41) is -0.0687. The molecule has 0 amide bonds. The molecule has 0 radical (unpaired) electrons. The van der Waals surface area contributed by atoms with E-state index >= 15 is 0 Å². The van der Waals surface area contributed by atoms with E-state index in [2.05, 4.69) is 4.98 Å². The Morgan fingerprint density at radius 1 is 1.00 bits per heavy atom. The average molecular weight is 363 g/mol. The van der Waals surface area contributed by atoms with Crippen molar-refractivity contribution < 1.29 is 31.1 Å². The van der Waals surface area contributed by atoms with E-state index in [1.165, 1.54) is 6.07 Å². The topological polar surface area (TPSA) is 22.1 Å². The van der Waals surface area contributed by atoms with E-state index in [0.29, 0.717) is 6.07 Å². The minimum Gasteiger partial charge on any atom is -0.493 e. The number of rotatable bonds is 3. The number of alkyl halides is 6. The number of nitrogens with zero attached hydrogens (tertiary/aromatic N) is 1. The third-order valence-corrected chi connectivity index (χ3v) is 4.35. The summed E-state index contributed by atoms with van der Waals surface area (Å²) in [7, 11) is 0. The van der Waals surface area contributed by atoms with Crippen molar-refractivity contribution in [1.29, 1.82) is 0 Å². The highest BCUT2D eigenvalue weighted by atomic mass is 19.4. The molecule has 1 aliphatic carbocycles. The van der Waals surface area contributed by atoms with Crippen molar-refractivity contribution in [2.24, 2.45) is 5.92 Å². The van der Waals surface area contributed by atoms with Gasteiger partial charge in [0.1, 0.15) is 11.4 Å². The Morgan fingerprint density at radius 2 is 1.68 bits per heavy atom. The van der Waals surface area contributed by atoms with Crippen molar-refractivity contribution in [2.45, 2.75) is 38.0 Å². The molecule has 25 heavy (non-hydrogen) atoms. The fraction of sp³-hybridized carbons (Fsp3) is 0.471. The number of para-hydroxylation sites is 1.